The van der Waals surface area contributed by atoms with Crippen LogP contribution in [-0.2, 0) is 9.47 Å². The molecular formula is C29H42O7. The number of fused-ring (bicyclic) bond motifs is 1. The van der Waals surface area contributed by atoms with Crippen molar-refractivity contribution < 1.29 is 33.3 Å². The Morgan fingerprint density at radius 2 is 1.28 bits per heavy atom. The summed E-state index contributed by atoms with van der Waals surface area (Å²) in [5.41, 5.74) is 0. The number of rotatable bonds is 15. The normalized spacial score (nSPS) is 12.6. The maximum Gasteiger partial charge on any atom is 0.514 e. The molecule has 0 aromatic heterocycles. The van der Waals surface area contributed by atoms with Crippen LogP contribution < -0.4 is 14.2 Å². The molecule has 0 aliphatic rings. The molecule has 0 heterocycles. The van der Waals surface area contributed by atoms with Crippen LogP contribution in [0.15, 0.2) is 30.3 Å². The minimum Gasteiger partial charge on any atom is -0.493 e. The van der Waals surface area contributed by atoms with Crippen molar-refractivity contribution in [1.29, 1.82) is 0 Å². The highest BCUT2D eigenvalue weighted by atomic mass is 16.7. The van der Waals surface area contributed by atoms with Gasteiger partial charge in [-0.1, -0.05) is 90.5 Å². The summed E-state index contributed by atoms with van der Waals surface area (Å²) in [6.07, 6.45) is 6.71. The van der Waals surface area contributed by atoms with Crippen LogP contribution in [0.4, 0.5) is 9.59 Å². The molecule has 7 heteroatoms. The number of methoxy groups -OCH3 is 1. The van der Waals surface area contributed by atoms with Crippen molar-refractivity contribution in [2.45, 2.75) is 79.1 Å². The van der Waals surface area contributed by atoms with Gasteiger partial charge in [0.05, 0.1) is 20.3 Å². The van der Waals surface area contributed by atoms with Gasteiger partial charge in [-0.2, -0.15) is 0 Å². The van der Waals surface area contributed by atoms with E-state index in [0.29, 0.717) is 35.8 Å². The Morgan fingerprint density at radius 3 is 1.78 bits per heavy atom. The largest absolute Gasteiger partial charge is 0.514 e. The molecule has 36 heavy (non-hydrogen) atoms. The summed E-state index contributed by atoms with van der Waals surface area (Å²) in [6.45, 7) is 9.08. The van der Waals surface area contributed by atoms with Gasteiger partial charge in [-0.15, -0.1) is 0 Å². The standard InChI is InChI=1S/C29H42O7/c1-6-10-14-21(8-3)19-33-28(30)35-25-18-26(32-5)27(24-17-13-12-16-23(24)25)36-29(31)34-20-22(9-4)15-11-7-2/h12-13,16-18,21-22H,6-11,14-15,19-20H2,1-5H3. The third-order valence-corrected chi connectivity index (χ3v) is 6.48. The zero-order valence-electron chi connectivity index (χ0n) is 22.5. The van der Waals surface area contributed by atoms with E-state index >= 15 is 0 Å². The SMILES string of the molecule is CCCCC(CC)COC(=O)Oc1cc(OC)c(OC(=O)OCC(CC)CCCC)c2ccccc12. The zero-order valence-corrected chi connectivity index (χ0v) is 22.5. The number of benzene rings is 2. The lowest BCUT2D eigenvalue weighted by Crippen LogP contribution is -2.18. The Hall–Kier alpha value is -2.96. The fraction of sp³-hybridized carbons (Fsp3) is 0.586. The smallest absolute Gasteiger partial charge is 0.493 e. The summed E-state index contributed by atoms with van der Waals surface area (Å²) in [7, 11) is 1.46. The van der Waals surface area contributed by atoms with E-state index in [4.69, 9.17) is 23.7 Å². The molecule has 0 aliphatic heterocycles. The quantitative estimate of drug-likeness (QED) is 0.179. The predicted molar refractivity (Wildman–Crippen MR) is 141 cm³/mol. The molecule has 0 radical (unpaired) electrons. The van der Waals surface area contributed by atoms with Crippen molar-refractivity contribution in [2.24, 2.45) is 11.8 Å². The first kappa shape index (κ1) is 29.3. The Morgan fingerprint density at radius 1 is 0.750 bits per heavy atom. The van der Waals surface area contributed by atoms with Crippen molar-refractivity contribution in [3.05, 3.63) is 30.3 Å². The topological polar surface area (TPSA) is 80.3 Å². The molecular weight excluding hydrogens is 460 g/mol. The van der Waals surface area contributed by atoms with E-state index in [9.17, 15) is 9.59 Å². The minimum atomic E-state index is -0.792. The van der Waals surface area contributed by atoms with E-state index < -0.39 is 12.3 Å². The summed E-state index contributed by atoms with van der Waals surface area (Å²) >= 11 is 0. The molecule has 2 aromatic carbocycles. The summed E-state index contributed by atoms with van der Waals surface area (Å²) in [4.78, 5) is 25.0. The van der Waals surface area contributed by atoms with Gasteiger partial charge in [0, 0.05) is 16.8 Å². The van der Waals surface area contributed by atoms with E-state index in [-0.39, 0.29) is 17.2 Å². The van der Waals surface area contributed by atoms with Crippen molar-refractivity contribution in [2.75, 3.05) is 20.3 Å². The molecule has 2 atom stereocenters. The number of carbonyl (C=O) groups is 2. The lowest BCUT2D eigenvalue weighted by molar-refractivity contribution is 0.0791. The van der Waals surface area contributed by atoms with Crippen LogP contribution in [-0.4, -0.2) is 32.6 Å². The zero-order chi connectivity index (χ0) is 26.3. The van der Waals surface area contributed by atoms with Gasteiger partial charge < -0.3 is 23.7 Å². The molecule has 2 unspecified atom stereocenters. The fourth-order valence-corrected chi connectivity index (χ4v) is 4.03. The van der Waals surface area contributed by atoms with Crippen LogP contribution in [0.3, 0.4) is 0 Å². The highest BCUT2D eigenvalue weighted by Gasteiger charge is 2.21. The van der Waals surface area contributed by atoms with Crippen LogP contribution in [0, 0.1) is 11.8 Å². The van der Waals surface area contributed by atoms with Crippen molar-refractivity contribution in [1.82, 2.24) is 0 Å². The third kappa shape index (κ3) is 8.92. The van der Waals surface area contributed by atoms with Gasteiger partial charge in [0.15, 0.2) is 11.5 Å². The monoisotopic (exact) mass is 502 g/mol. The molecule has 0 spiro atoms. The van der Waals surface area contributed by atoms with E-state index in [1.54, 1.807) is 18.2 Å². The average molecular weight is 503 g/mol. The van der Waals surface area contributed by atoms with E-state index in [1.807, 2.05) is 6.07 Å². The first-order chi connectivity index (χ1) is 17.5. The van der Waals surface area contributed by atoms with Crippen molar-refractivity contribution in [3.63, 3.8) is 0 Å². The number of hydrogen-bond donors (Lipinski definition) is 0. The van der Waals surface area contributed by atoms with E-state index in [1.165, 1.54) is 13.2 Å². The Balaban J connectivity index is 2.15. The molecule has 0 bridgehead atoms. The summed E-state index contributed by atoms with van der Waals surface area (Å²) in [6, 6.07) is 8.69. The summed E-state index contributed by atoms with van der Waals surface area (Å²) < 4.78 is 27.4. The molecule has 0 amide bonds. The van der Waals surface area contributed by atoms with Gasteiger partial charge in [0.25, 0.3) is 0 Å². The molecule has 0 aliphatic carbocycles. The van der Waals surface area contributed by atoms with Crippen LogP contribution in [0.25, 0.3) is 10.8 Å². The van der Waals surface area contributed by atoms with Crippen molar-refractivity contribution in [3.8, 4) is 17.2 Å². The second-order valence-corrected chi connectivity index (χ2v) is 9.11. The lowest BCUT2D eigenvalue weighted by Gasteiger charge is -2.18. The van der Waals surface area contributed by atoms with Gasteiger partial charge in [-0.05, 0) is 24.7 Å². The van der Waals surface area contributed by atoms with Gasteiger partial charge in [0.1, 0.15) is 5.75 Å². The highest BCUT2D eigenvalue weighted by Crippen LogP contribution is 2.42. The third-order valence-electron chi connectivity index (χ3n) is 6.48. The molecule has 0 fully saturated rings. The minimum absolute atomic E-state index is 0.214. The number of hydrogen-bond acceptors (Lipinski definition) is 7. The maximum atomic E-state index is 12.5. The van der Waals surface area contributed by atoms with Crippen LogP contribution in [0.5, 0.6) is 17.2 Å². The lowest BCUT2D eigenvalue weighted by atomic mass is 10.0. The first-order valence-corrected chi connectivity index (χ1v) is 13.3. The second kappa shape index (κ2) is 15.9. The molecule has 0 saturated carbocycles. The summed E-state index contributed by atoms with van der Waals surface area (Å²) in [5, 5.41) is 1.15. The van der Waals surface area contributed by atoms with Gasteiger partial charge >= 0.3 is 12.3 Å². The molecule has 0 saturated heterocycles. The molecule has 2 aromatic rings. The van der Waals surface area contributed by atoms with Crippen LogP contribution in [0.2, 0.25) is 0 Å². The number of carbonyl (C=O) groups excluding carboxylic acids is 2. The second-order valence-electron chi connectivity index (χ2n) is 9.11. The van der Waals surface area contributed by atoms with Crippen LogP contribution >= 0.6 is 0 Å². The average Bonchev–Trinajstić information content (AvgIpc) is 2.90. The first-order valence-electron chi connectivity index (χ1n) is 13.3. The fourth-order valence-electron chi connectivity index (χ4n) is 4.03. The Bertz CT molecular complexity index is 956. The highest BCUT2D eigenvalue weighted by molar-refractivity contribution is 5.97. The van der Waals surface area contributed by atoms with Crippen LogP contribution in [0.1, 0.15) is 79.1 Å². The molecule has 7 nitrogen and oxygen atoms in total. The number of unbranched alkanes of at least 4 members (excludes halogenated alkanes) is 2. The summed E-state index contributed by atoms with van der Waals surface area (Å²) in [5.74, 6) is 1.33. The molecule has 0 N–H and O–H groups in total. The van der Waals surface area contributed by atoms with Gasteiger partial charge in [-0.25, -0.2) is 9.59 Å². The number of ether oxygens (including phenoxy) is 5. The molecule has 200 valence electrons. The Kier molecular flexibility index (Phi) is 12.9. The van der Waals surface area contributed by atoms with Gasteiger partial charge in [0.2, 0.25) is 0 Å². The maximum absolute atomic E-state index is 12.5. The molecule has 2 rings (SSSR count). The predicted octanol–water partition coefficient (Wildman–Crippen LogP) is 8.31. The van der Waals surface area contributed by atoms with E-state index in [2.05, 4.69) is 27.7 Å². The Labute approximate surface area is 215 Å². The van der Waals surface area contributed by atoms with E-state index in [0.717, 1.165) is 51.4 Å². The van der Waals surface area contributed by atoms with Crippen molar-refractivity contribution >= 4 is 23.1 Å². The van der Waals surface area contributed by atoms with Gasteiger partial charge in [-0.3, -0.25) is 0 Å².